The fourth-order valence-corrected chi connectivity index (χ4v) is 1.11. The molecular formula is C9H10N2O4. The summed E-state index contributed by atoms with van der Waals surface area (Å²) in [5.41, 5.74) is 5.73. The molecule has 0 aliphatic heterocycles. The number of nitroso groups, excluding NO2 is 1. The van der Waals surface area contributed by atoms with E-state index in [4.69, 9.17) is 15.9 Å². The van der Waals surface area contributed by atoms with Crippen molar-refractivity contribution in [1.82, 2.24) is 0 Å². The smallest absolute Gasteiger partial charge is 0.320 e. The van der Waals surface area contributed by atoms with Crippen molar-refractivity contribution in [1.29, 1.82) is 0 Å². The average molecular weight is 210 g/mol. The van der Waals surface area contributed by atoms with Crippen molar-refractivity contribution in [3.63, 3.8) is 0 Å². The Bertz CT molecular complexity index is 392. The Morgan fingerprint density at radius 2 is 2.20 bits per heavy atom. The maximum absolute atomic E-state index is 10.5. The summed E-state index contributed by atoms with van der Waals surface area (Å²) < 4.78 is 0. The van der Waals surface area contributed by atoms with E-state index in [1.165, 1.54) is 18.2 Å². The summed E-state index contributed by atoms with van der Waals surface area (Å²) in [6.45, 7) is 0. The second kappa shape index (κ2) is 4.52. The first kappa shape index (κ1) is 11.1. The first-order chi connectivity index (χ1) is 7.04. The summed E-state index contributed by atoms with van der Waals surface area (Å²) in [6.07, 6.45) is 0.0815. The number of hydrogen-bond donors (Lipinski definition) is 3. The van der Waals surface area contributed by atoms with Crippen LogP contribution < -0.4 is 5.73 Å². The molecule has 0 amide bonds. The number of phenolic OH excluding ortho intramolecular Hbond substituents is 1. The Hall–Kier alpha value is -1.95. The van der Waals surface area contributed by atoms with Crippen LogP contribution in [0.2, 0.25) is 0 Å². The van der Waals surface area contributed by atoms with E-state index in [0.717, 1.165) is 0 Å². The summed E-state index contributed by atoms with van der Waals surface area (Å²) >= 11 is 0. The minimum atomic E-state index is -1.12. The Morgan fingerprint density at radius 1 is 1.53 bits per heavy atom. The van der Waals surface area contributed by atoms with Gasteiger partial charge in [0.15, 0.2) is 0 Å². The number of benzene rings is 1. The second-order valence-corrected chi connectivity index (χ2v) is 3.06. The quantitative estimate of drug-likeness (QED) is 0.634. The van der Waals surface area contributed by atoms with Crippen molar-refractivity contribution < 1.29 is 15.0 Å². The molecule has 0 aromatic heterocycles. The highest BCUT2D eigenvalue weighted by molar-refractivity contribution is 5.73. The Kier molecular flexibility index (Phi) is 3.35. The van der Waals surface area contributed by atoms with Gasteiger partial charge in [0.25, 0.3) is 0 Å². The maximum Gasteiger partial charge on any atom is 0.320 e. The largest absolute Gasteiger partial charge is 0.506 e. The van der Waals surface area contributed by atoms with Gasteiger partial charge in [-0.25, -0.2) is 0 Å². The van der Waals surface area contributed by atoms with Gasteiger partial charge in [0.05, 0.1) is 0 Å². The number of phenols is 1. The first-order valence-corrected chi connectivity index (χ1v) is 4.18. The van der Waals surface area contributed by atoms with E-state index in [1.54, 1.807) is 0 Å². The number of nitrogens with zero attached hydrogens (tertiary/aromatic N) is 1. The lowest BCUT2D eigenvalue weighted by Crippen LogP contribution is -2.32. The van der Waals surface area contributed by atoms with Gasteiger partial charge >= 0.3 is 5.97 Å². The van der Waals surface area contributed by atoms with Gasteiger partial charge in [0, 0.05) is 0 Å². The fourth-order valence-electron chi connectivity index (χ4n) is 1.11. The topological polar surface area (TPSA) is 113 Å². The third-order valence-electron chi connectivity index (χ3n) is 1.91. The van der Waals surface area contributed by atoms with Gasteiger partial charge in [-0.3, -0.25) is 4.79 Å². The Morgan fingerprint density at radius 3 is 2.73 bits per heavy atom. The van der Waals surface area contributed by atoms with Gasteiger partial charge in [-0.2, -0.15) is 0 Å². The highest BCUT2D eigenvalue weighted by Gasteiger charge is 2.13. The molecule has 0 heterocycles. The van der Waals surface area contributed by atoms with E-state index in [9.17, 15) is 9.70 Å². The molecule has 6 nitrogen and oxygen atoms in total. The van der Waals surface area contributed by atoms with Gasteiger partial charge in [0.1, 0.15) is 17.5 Å². The zero-order valence-electron chi connectivity index (χ0n) is 7.75. The monoisotopic (exact) mass is 210 g/mol. The molecule has 0 radical (unpaired) electrons. The first-order valence-electron chi connectivity index (χ1n) is 4.18. The minimum absolute atomic E-state index is 0.0815. The van der Waals surface area contributed by atoms with Crippen LogP contribution in [-0.2, 0) is 11.2 Å². The van der Waals surface area contributed by atoms with Crippen molar-refractivity contribution >= 4 is 11.7 Å². The zero-order chi connectivity index (χ0) is 11.4. The molecule has 0 aliphatic carbocycles. The number of carboxylic acid groups (broad SMARTS) is 1. The SMILES string of the molecule is N[C@@H](Cc1ccc(O)c(N=O)c1)C(=O)O. The van der Waals surface area contributed by atoms with E-state index >= 15 is 0 Å². The van der Waals surface area contributed by atoms with Gasteiger partial charge in [0.2, 0.25) is 0 Å². The average Bonchev–Trinajstić information content (AvgIpc) is 2.20. The maximum atomic E-state index is 10.5. The highest BCUT2D eigenvalue weighted by Crippen LogP contribution is 2.27. The third kappa shape index (κ3) is 2.75. The molecule has 1 aromatic carbocycles. The summed E-state index contributed by atoms with van der Waals surface area (Å²) in [5, 5.41) is 20.3. The second-order valence-electron chi connectivity index (χ2n) is 3.06. The number of carbonyl (C=O) groups is 1. The van der Waals surface area contributed by atoms with E-state index in [2.05, 4.69) is 5.18 Å². The number of hydrogen-bond acceptors (Lipinski definition) is 5. The van der Waals surface area contributed by atoms with Crippen LogP contribution in [0.5, 0.6) is 5.75 Å². The van der Waals surface area contributed by atoms with Gasteiger partial charge in [-0.1, -0.05) is 6.07 Å². The van der Waals surface area contributed by atoms with E-state index in [-0.39, 0.29) is 17.9 Å². The highest BCUT2D eigenvalue weighted by atomic mass is 16.4. The van der Waals surface area contributed by atoms with Crippen LogP contribution >= 0.6 is 0 Å². The molecule has 80 valence electrons. The molecule has 0 bridgehead atoms. The standard InChI is InChI=1S/C9H10N2O4/c10-6(9(13)14)3-5-1-2-8(12)7(4-5)11-15/h1-2,4,6,12H,3,10H2,(H,13,14)/t6-/m0/s1. The van der Waals surface area contributed by atoms with Crippen LogP contribution in [0.1, 0.15) is 5.56 Å². The number of aliphatic carboxylic acids is 1. The van der Waals surface area contributed by atoms with E-state index in [1.807, 2.05) is 0 Å². The molecule has 1 aromatic rings. The number of carboxylic acids is 1. The molecule has 0 saturated carbocycles. The fraction of sp³-hybridized carbons (Fsp3) is 0.222. The van der Waals surface area contributed by atoms with Crippen molar-refractivity contribution in [3.8, 4) is 5.75 Å². The lowest BCUT2D eigenvalue weighted by molar-refractivity contribution is -0.138. The molecule has 0 unspecified atom stereocenters. The Balaban J connectivity index is 2.87. The normalized spacial score (nSPS) is 12.1. The van der Waals surface area contributed by atoms with E-state index in [0.29, 0.717) is 5.56 Å². The van der Waals surface area contributed by atoms with Crippen LogP contribution in [0, 0.1) is 4.91 Å². The van der Waals surface area contributed by atoms with E-state index < -0.39 is 12.0 Å². The van der Waals surface area contributed by atoms with Crippen LogP contribution in [0.4, 0.5) is 5.69 Å². The summed E-state index contributed by atoms with van der Waals surface area (Å²) in [7, 11) is 0. The van der Waals surface area contributed by atoms with Crippen LogP contribution in [0.25, 0.3) is 0 Å². The molecule has 15 heavy (non-hydrogen) atoms. The third-order valence-corrected chi connectivity index (χ3v) is 1.91. The lowest BCUT2D eigenvalue weighted by Gasteiger charge is -2.06. The molecule has 0 spiro atoms. The molecule has 0 fully saturated rings. The van der Waals surface area contributed by atoms with Crippen LogP contribution in [-0.4, -0.2) is 22.2 Å². The number of rotatable bonds is 4. The lowest BCUT2D eigenvalue weighted by atomic mass is 10.1. The van der Waals surface area contributed by atoms with Crippen LogP contribution in [0.3, 0.4) is 0 Å². The predicted octanol–water partition coefficient (Wildman–Crippen LogP) is 0.744. The van der Waals surface area contributed by atoms with Crippen molar-refractivity contribution in [3.05, 3.63) is 28.7 Å². The summed E-state index contributed by atoms with van der Waals surface area (Å²) in [4.78, 5) is 20.7. The minimum Gasteiger partial charge on any atom is -0.506 e. The summed E-state index contributed by atoms with van der Waals surface area (Å²) in [6, 6.07) is 3.05. The van der Waals surface area contributed by atoms with Gasteiger partial charge in [-0.15, -0.1) is 4.91 Å². The van der Waals surface area contributed by atoms with Gasteiger partial charge < -0.3 is 15.9 Å². The van der Waals surface area contributed by atoms with Crippen molar-refractivity contribution in [2.45, 2.75) is 12.5 Å². The van der Waals surface area contributed by atoms with Crippen molar-refractivity contribution in [2.24, 2.45) is 10.9 Å². The predicted molar refractivity (Wildman–Crippen MR) is 52.9 cm³/mol. The van der Waals surface area contributed by atoms with Gasteiger partial charge in [-0.05, 0) is 29.3 Å². The molecule has 6 heteroatoms. The molecule has 0 aliphatic rings. The zero-order valence-corrected chi connectivity index (χ0v) is 7.75. The Labute approximate surface area is 85.3 Å². The summed E-state index contributed by atoms with van der Waals surface area (Å²) in [5.74, 6) is -1.36. The molecule has 1 rings (SSSR count). The molecule has 1 atom stereocenters. The molecule has 0 saturated heterocycles. The van der Waals surface area contributed by atoms with Crippen LogP contribution in [0.15, 0.2) is 23.4 Å². The molecule has 4 N–H and O–H groups in total. The number of nitrogens with two attached hydrogens (primary N) is 1. The number of aromatic hydroxyl groups is 1. The van der Waals surface area contributed by atoms with Crippen molar-refractivity contribution in [2.75, 3.05) is 0 Å². The molecular weight excluding hydrogens is 200 g/mol.